The largest absolute Gasteiger partial charge is 0.351 e. The van der Waals surface area contributed by atoms with Crippen LogP contribution >= 0.6 is 0 Å². The Morgan fingerprint density at radius 2 is 2.16 bits per heavy atom. The maximum atomic E-state index is 11.7. The first-order valence-electron chi connectivity index (χ1n) is 6.61. The van der Waals surface area contributed by atoms with Crippen molar-refractivity contribution < 1.29 is 14.9 Å². The lowest BCUT2D eigenvalue weighted by molar-refractivity contribution is -0.714. The maximum Gasteiger partial charge on any atom is 0.319 e. The molecule has 1 aliphatic rings. The van der Waals surface area contributed by atoms with Gasteiger partial charge in [-0.25, -0.2) is 4.79 Å². The molecule has 0 fully saturated rings. The molecule has 3 amide bonds. The van der Waals surface area contributed by atoms with Gasteiger partial charge in [-0.1, -0.05) is 24.3 Å². The number of imide groups is 1. The van der Waals surface area contributed by atoms with Crippen LogP contribution in [0.25, 0.3) is 0 Å². The zero-order valence-electron chi connectivity index (χ0n) is 11.1. The molecule has 0 aliphatic heterocycles. The number of urea groups is 1. The molecule has 5 N–H and O–H groups in total. The molecule has 0 radical (unpaired) electrons. The fourth-order valence-electron chi connectivity index (χ4n) is 2.66. The van der Waals surface area contributed by atoms with E-state index in [1.807, 2.05) is 17.4 Å². The number of amides is 3. The van der Waals surface area contributed by atoms with Gasteiger partial charge in [0.25, 0.3) is 5.91 Å². The number of nitrogens with two attached hydrogens (primary N) is 2. The second kappa shape index (κ2) is 5.84. The third-order valence-electron chi connectivity index (χ3n) is 3.60. The molecule has 0 saturated heterocycles. The summed E-state index contributed by atoms with van der Waals surface area (Å²) in [6.45, 7) is 1.79. The molecular formula is C14H20N3O2+. The zero-order valence-corrected chi connectivity index (χ0v) is 11.1. The van der Waals surface area contributed by atoms with E-state index in [0.29, 0.717) is 0 Å². The molecule has 102 valence electrons. The van der Waals surface area contributed by atoms with E-state index in [1.165, 1.54) is 11.1 Å². The molecule has 0 saturated carbocycles. The van der Waals surface area contributed by atoms with Crippen molar-refractivity contribution in [2.24, 2.45) is 5.73 Å². The monoisotopic (exact) mass is 262 g/mol. The Bertz CT molecular complexity index is 487. The number of hydrogen-bond acceptors (Lipinski definition) is 2. The molecule has 0 aromatic heterocycles. The van der Waals surface area contributed by atoms with E-state index in [4.69, 9.17) is 5.73 Å². The van der Waals surface area contributed by atoms with Crippen LogP contribution in [0.3, 0.4) is 0 Å². The fourth-order valence-corrected chi connectivity index (χ4v) is 2.66. The van der Waals surface area contributed by atoms with Gasteiger partial charge in [-0.05, 0) is 25.3 Å². The fraction of sp³-hybridized carbons (Fsp3) is 0.429. The quantitative estimate of drug-likeness (QED) is 0.727. The van der Waals surface area contributed by atoms with Gasteiger partial charge < -0.3 is 11.1 Å². The molecule has 1 aromatic rings. The van der Waals surface area contributed by atoms with Gasteiger partial charge in [0.1, 0.15) is 6.04 Å². The Labute approximate surface area is 112 Å². The number of fused-ring (bicyclic) bond motifs is 1. The second-order valence-corrected chi connectivity index (χ2v) is 5.03. The lowest BCUT2D eigenvalue weighted by Gasteiger charge is -2.25. The highest BCUT2D eigenvalue weighted by atomic mass is 16.2. The first-order valence-corrected chi connectivity index (χ1v) is 6.61. The van der Waals surface area contributed by atoms with E-state index < -0.39 is 6.03 Å². The Hall–Kier alpha value is -1.88. The van der Waals surface area contributed by atoms with Crippen molar-refractivity contribution >= 4 is 11.9 Å². The number of primary amides is 1. The van der Waals surface area contributed by atoms with Gasteiger partial charge in [-0.15, -0.1) is 0 Å². The lowest BCUT2D eigenvalue weighted by Crippen LogP contribution is -2.93. The van der Waals surface area contributed by atoms with Crippen molar-refractivity contribution in [2.75, 3.05) is 0 Å². The van der Waals surface area contributed by atoms with Gasteiger partial charge >= 0.3 is 6.03 Å². The van der Waals surface area contributed by atoms with Crippen molar-refractivity contribution in [1.29, 1.82) is 0 Å². The SMILES string of the molecule is C[C@H]([NH2+][C@H]1CCCc2ccccc21)C(=O)NC(N)=O. The minimum atomic E-state index is -0.797. The smallest absolute Gasteiger partial charge is 0.319 e. The third-order valence-corrected chi connectivity index (χ3v) is 3.60. The Balaban J connectivity index is 2.04. The molecule has 5 nitrogen and oxygen atoms in total. The summed E-state index contributed by atoms with van der Waals surface area (Å²) in [4.78, 5) is 22.4. The van der Waals surface area contributed by atoms with Crippen LogP contribution in [0.2, 0.25) is 0 Å². The minimum absolute atomic E-state index is 0.276. The minimum Gasteiger partial charge on any atom is -0.351 e. The van der Waals surface area contributed by atoms with E-state index in [9.17, 15) is 9.59 Å². The van der Waals surface area contributed by atoms with Gasteiger partial charge in [0.15, 0.2) is 6.04 Å². The molecule has 0 unspecified atom stereocenters. The second-order valence-electron chi connectivity index (χ2n) is 5.03. The van der Waals surface area contributed by atoms with Gasteiger partial charge in [-0.3, -0.25) is 10.1 Å². The van der Waals surface area contributed by atoms with Crippen LogP contribution in [0.5, 0.6) is 0 Å². The normalized spacial score (nSPS) is 19.3. The van der Waals surface area contributed by atoms with Crippen LogP contribution in [-0.4, -0.2) is 18.0 Å². The number of rotatable bonds is 3. The summed E-state index contributed by atoms with van der Waals surface area (Å²) in [7, 11) is 0. The van der Waals surface area contributed by atoms with E-state index >= 15 is 0 Å². The predicted octanol–water partition coefficient (Wildman–Crippen LogP) is 0.211. The van der Waals surface area contributed by atoms with Crippen LogP contribution in [0.1, 0.15) is 36.9 Å². The summed E-state index contributed by atoms with van der Waals surface area (Å²) in [5.41, 5.74) is 7.61. The molecular weight excluding hydrogens is 242 g/mol. The van der Waals surface area contributed by atoms with E-state index in [1.54, 1.807) is 6.92 Å². The van der Waals surface area contributed by atoms with Crippen molar-refractivity contribution in [2.45, 2.75) is 38.3 Å². The summed E-state index contributed by atoms with van der Waals surface area (Å²) in [6.07, 6.45) is 3.27. The lowest BCUT2D eigenvalue weighted by atomic mass is 9.87. The van der Waals surface area contributed by atoms with E-state index in [0.717, 1.165) is 19.3 Å². The molecule has 2 atom stereocenters. The zero-order chi connectivity index (χ0) is 13.8. The molecule has 0 spiro atoms. The van der Waals surface area contributed by atoms with Crippen LogP contribution < -0.4 is 16.4 Å². The number of carbonyl (C=O) groups excluding carboxylic acids is 2. The first-order chi connectivity index (χ1) is 9.08. The highest BCUT2D eigenvalue weighted by Gasteiger charge is 2.27. The van der Waals surface area contributed by atoms with E-state index in [2.05, 4.69) is 17.4 Å². The number of quaternary nitrogens is 1. The summed E-state index contributed by atoms with van der Waals surface area (Å²) >= 11 is 0. The van der Waals surface area contributed by atoms with E-state index in [-0.39, 0.29) is 18.0 Å². The molecule has 1 aromatic carbocycles. The topological polar surface area (TPSA) is 88.8 Å². The molecule has 0 bridgehead atoms. The molecule has 19 heavy (non-hydrogen) atoms. The van der Waals surface area contributed by atoms with Crippen molar-refractivity contribution in [3.05, 3.63) is 35.4 Å². The summed E-state index contributed by atoms with van der Waals surface area (Å²) in [5, 5.41) is 4.13. The van der Waals surface area contributed by atoms with Crippen LogP contribution in [-0.2, 0) is 11.2 Å². The standard InChI is InChI=1S/C14H19N3O2/c1-9(13(18)17-14(15)19)16-12-8-4-6-10-5-2-3-7-11(10)12/h2-3,5,7,9,12,16H,4,6,8H2,1H3,(H3,15,17,18,19)/p+1/t9-,12-/m0/s1. The Morgan fingerprint density at radius 3 is 2.89 bits per heavy atom. The van der Waals surface area contributed by atoms with Gasteiger partial charge in [0.05, 0.1) is 0 Å². The number of benzene rings is 1. The average Bonchev–Trinajstić information content (AvgIpc) is 2.38. The van der Waals surface area contributed by atoms with Crippen LogP contribution in [0.15, 0.2) is 24.3 Å². The van der Waals surface area contributed by atoms with Gasteiger partial charge in [0.2, 0.25) is 0 Å². The Kier molecular flexibility index (Phi) is 4.16. The summed E-state index contributed by atoms with van der Waals surface area (Å²) in [5.74, 6) is -0.337. The molecule has 0 heterocycles. The number of aryl methyl sites for hydroxylation is 1. The predicted molar refractivity (Wildman–Crippen MR) is 71.2 cm³/mol. The average molecular weight is 262 g/mol. The maximum absolute atomic E-state index is 11.7. The van der Waals surface area contributed by atoms with Crippen molar-refractivity contribution in [3.8, 4) is 0 Å². The van der Waals surface area contributed by atoms with Crippen LogP contribution in [0.4, 0.5) is 4.79 Å². The van der Waals surface area contributed by atoms with Gasteiger partial charge in [0, 0.05) is 12.0 Å². The third kappa shape index (κ3) is 3.32. The van der Waals surface area contributed by atoms with Crippen molar-refractivity contribution in [3.63, 3.8) is 0 Å². The summed E-state index contributed by atoms with van der Waals surface area (Å²) < 4.78 is 0. The summed E-state index contributed by atoms with van der Waals surface area (Å²) in [6, 6.07) is 7.48. The highest BCUT2D eigenvalue weighted by molar-refractivity contribution is 5.95. The number of nitrogens with one attached hydrogen (secondary N) is 1. The molecule has 1 aliphatic carbocycles. The Morgan fingerprint density at radius 1 is 1.42 bits per heavy atom. The van der Waals surface area contributed by atoms with Gasteiger partial charge in [-0.2, -0.15) is 0 Å². The first kappa shape index (κ1) is 13.5. The van der Waals surface area contributed by atoms with Crippen molar-refractivity contribution in [1.82, 2.24) is 5.32 Å². The number of carbonyl (C=O) groups is 2. The number of hydrogen-bond donors (Lipinski definition) is 3. The molecule has 2 rings (SSSR count). The van der Waals surface area contributed by atoms with Crippen LogP contribution in [0, 0.1) is 0 Å². The highest BCUT2D eigenvalue weighted by Crippen LogP contribution is 2.26. The molecule has 5 heteroatoms.